The van der Waals surface area contributed by atoms with Crippen LogP contribution >= 0.6 is 0 Å². The highest BCUT2D eigenvalue weighted by atomic mass is 16.2. The van der Waals surface area contributed by atoms with E-state index in [0.29, 0.717) is 0 Å². The Bertz CT molecular complexity index is 1070. The van der Waals surface area contributed by atoms with Gasteiger partial charge < -0.3 is 10.2 Å². The van der Waals surface area contributed by atoms with E-state index in [1.165, 1.54) is 27.8 Å². The van der Waals surface area contributed by atoms with Crippen molar-refractivity contribution >= 4 is 11.6 Å². The summed E-state index contributed by atoms with van der Waals surface area (Å²) in [4.78, 5) is 15.2. The fourth-order valence-corrected chi connectivity index (χ4v) is 4.78. The summed E-state index contributed by atoms with van der Waals surface area (Å²) in [6.45, 7) is 5.14. The molecule has 2 atom stereocenters. The first-order valence-electron chi connectivity index (χ1n) is 9.92. The fraction of sp³-hybridized carbons (Fsp3) is 0.240. The number of hydrogen-bond acceptors (Lipinski definition) is 2. The highest BCUT2D eigenvalue weighted by molar-refractivity contribution is 6.02. The summed E-state index contributed by atoms with van der Waals surface area (Å²) in [7, 11) is 0. The third-order valence-electron chi connectivity index (χ3n) is 6.19. The van der Waals surface area contributed by atoms with Gasteiger partial charge in [-0.3, -0.25) is 4.79 Å². The van der Waals surface area contributed by atoms with Crippen LogP contribution < -0.4 is 10.2 Å². The third kappa shape index (κ3) is 2.70. The zero-order valence-electron chi connectivity index (χ0n) is 16.3. The van der Waals surface area contributed by atoms with Gasteiger partial charge in [0, 0.05) is 12.5 Å². The predicted molar refractivity (Wildman–Crippen MR) is 113 cm³/mol. The van der Waals surface area contributed by atoms with E-state index < -0.39 is 0 Å². The van der Waals surface area contributed by atoms with E-state index >= 15 is 0 Å². The number of hydrogen-bond donors (Lipinski definition) is 1. The molecule has 5 rings (SSSR count). The summed E-state index contributed by atoms with van der Waals surface area (Å²) in [6.07, 6.45) is 0.880. The maximum Gasteiger partial charge on any atom is 0.254 e. The Labute approximate surface area is 166 Å². The lowest BCUT2D eigenvalue weighted by Crippen LogP contribution is -2.58. The molecule has 0 saturated heterocycles. The lowest BCUT2D eigenvalue weighted by atomic mass is 9.80. The molecule has 0 fully saturated rings. The molecule has 1 N–H and O–H groups in total. The number of fused-ring (bicyclic) bond motifs is 4. The molecule has 28 heavy (non-hydrogen) atoms. The molecule has 0 radical (unpaired) electrons. The van der Waals surface area contributed by atoms with Crippen LogP contribution in [0.2, 0.25) is 0 Å². The minimum absolute atomic E-state index is 0.0295. The SMILES string of the molecule is Cc1ccc(CC2c3ccccc3CN3c4ccccc4C(=O)NC23)c(C)c1. The predicted octanol–water partition coefficient (Wildman–Crippen LogP) is 4.72. The van der Waals surface area contributed by atoms with Crippen molar-refractivity contribution in [2.45, 2.75) is 38.9 Å². The largest absolute Gasteiger partial charge is 0.346 e. The Kier molecular flexibility index (Phi) is 3.97. The van der Waals surface area contributed by atoms with Crippen LogP contribution in [0.3, 0.4) is 0 Å². The van der Waals surface area contributed by atoms with Crippen molar-refractivity contribution in [3.63, 3.8) is 0 Å². The summed E-state index contributed by atoms with van der Waals surface area (Å²) in [5, 5.41) is 3.30. The average molecular weight is 368 g/mol. The van der Waals surface area contributed by atoms with Gasteiger partial charge in [-0.25, -0.2) is 0 Å². The molecule has 0 aliphatic carbocycles. The van der Waals surface area contributed by atoms with E-state index in [-0.39, 0.29) is 18.0 Å². The van der Waals surface area contributed by atoms with Gasteiger partial charge in [-0.2, -0.15) is 0 Å². The van der Waals surface area contributed by atoms with Crippen molar-refractivity contribution in [3.05, 3.63) is 100 Å². The van der Waals surface area contributed by atoms with Crippen molar-refractivity contribution in [2.24, 2.45) is 0 Å². The zero-order chi connectivity index (χ0) is 19.3. The molecule has 0 bridgehead atoms. The monoisotopic (exact) mass is 368 g/mol. The molecule has 140 valence electrons. The highest BCUT2D eigenvalue weighted by Gasteiger charge is 2.40. The molecule has 2 aliphatic rings. The maximum atomic E-state index is 12.8. The number of benzene rings is 3. The van der Waals surface area contributed by atoms with Crippen LogP contribution in [0.5, 0.6) is 0 Å². The molecule has 3 aromatic carbocycles. The molecule has 2 unspecified atom stereocenters. The quantitative estimate of drug-likeness (QED) is 0.710. The Hall–Kier alpha value is -3.07. The number of nitrogens with zero attached hydrogens (tertiary/aromatic N) is 1. The topological polar surface area (TPSA) is 32.3 Å². The second-order valence-corrected chi connectivity index (χ2v) is 8.00. The van der Waals surface area contributed by atoms with Gasteiger partial charge >= 0.3 is 0 Å². The second-order valence-electron chi connectivity index (χ2n) is 8.00. The molecule has 0 aromatic heterocycles. The molecule has 2 heterocycles. The van der Waals surface area contributed by atoms with Crippen molar-refractivity contribution in [2.75, 3.05) is 4.90 Å². The zero-order valence-corrected chi connectivity index (χ0v) is 16.3. The number of amides is 1. The standard InChI is InChI=1S/C25H24N2O/c1-16-11-12-18(17(2)13-16)14-22-20-8-4-3-7-19(20)15-27-23-10-6-5-9-21(23)25(28)26-24(22)27/h3-13,22,24H,14-15H2,1-2H3,(H,26,28). The minimum Gasteiger partial charge on any atom is -0.346 e. The van der Waals surface area contributed by atoms with Crippen molar-refractivity contribution < 1.29 is 4.79 Å². The fourth-order valence-electron chi connectivity index (χ4n) is 4.78. The number of nitrogens with one attached hydrogen (secondary N) is 1. The summed E-state index contributed by atoms with van der Waals surface area (Å²) < 4.78 is 0. The lowest BCUT2D eigenvalue weighted by molar-refractivity contribution is 0.0916. The molecule has 3 nitrogen and oxygen atoms in total. The van der Waals surface area contributed by atoms with Crippen LogP contribution in [0.4, 0.5) is 5.69 Å². The van der Waals surface area contributed by atoms with Crippen LogP contribution in [-0.4, -0.2) is 12.1 Å². The average Bonchev–Trinajstić information content (AvgIpc) is 2.70. The molecule has 0 saturated carbocycles. The van der Waals surface area contributed by atoms with Gasteiger partial charge in [-0.1, -0.05) is 60.2 Å². The highest BCUT2D eigenvalue weighted by Crippen LogP contribution is 2.40. The summed E-state index contributed by atoms with van der Waals surface area (Å²) in [5.74, 6) is 0.241. The van der Waals surface area contributed by atoms with Gasteiger partial charge in [0.2, 0.25) is 0 Å². The van der Waals surface area contributed by atoms with Crippen LogP contribution in [0.15, 0.2) is 66.7 Å². The van der Waals surface area contributed by atoms with E-state index in [2.05, 4.69) is 72.6 Å². The molecule has 0 spiro atoms. The second kappa shape index (κ2) is 6.52. The Morgan fingerprint density at radius 2 is 1.79 bits per heavy atom. The maximum absolute atomic E-state index is 12.8. The first-order valence-corrected chi connectivity index (χ1v) is 9.92. The Morgan fingerprint density at radius 3 is 2.64 bits per heavy atom. The lowest BCUT2D eigenvalue weighted by Gasteiger charge is -2.47. The first-order chi connectivity index (χ1) is 13.6. The molecular formula is C25H24N2O. The van der Waals surface area contributed by atoms with Gasteiger partial charge in [0.15, 0.2) is 0 Å². The van der Waals surface area contributed by atoms with E-state index in [9.17, 15) is 4.79 Å². The van der Waals surface area contributed by atoms with E-state index in [1.54, 1.807) is 0 Å². The first kappa shape index (κ1) is 17.1. The van der Waals surface area contributed by atoms with Crippen LogP contribution in [0, 0.1) is 13.8 Å². The van der Waals surface area contributed by atoms with Crippen LogP contribution in [0.25, 0.3) is 0 Å². The van der Waals surface area contributed by atoms with Crippen LogP contribution in [0.1, 0.15) is 44.1 Å². The smallest absolute Gasteiger partial charge is 0.254 e. The summed E-state index contributed by atoms with van der Waals surface area (Å²) >= 11 is 0. The number of carbonyl (C=O) groups is 1. The van der Waals surface area contributed by atoms with E-state index in [1.807, 2.05) is 18.2 Å². The van der Waals surface area contributed by atoms with Crippen molar-refractivity contribution in [3.8, 4) is 0 Å². The molecule has 1 amide bonds. The number of carbonyl (C=O) groups excluding carboxylic acids is 1. The Morgan fingerprint density at radius 1 is 1.00 bits per heavy atom. The summed E-state index contributed by atoms with van der Waals surface area (Å²) in [6, 6.07) is 23.3. The van der Waals surface area contributed by atoms with Crippen molar-refractivity contribution in [1.29, 1.82) is 0 Å². The van der Waals surface area contributed by atoms with Gasteiger partial charge in [-0.05, 0) is 54.7 Å². The molecular weight excluding hydrogens is 344 g/mol. The van der Waals surface area contributed by atoms with Gasteiger partial charge in [0.25, 0.3) is 5.91 Å². The molecule has 2 aliphatic heterocycles. The van der Waals surface area contributed by atoms with Crippen molar-refractivity contribution in [1.82, 2.24) is 5.32 Å². The number of para-hydroxylation sites is 1. The van der Waals surface area contributed by atoms with E-state index in [4.69, 9.17) is 0 Å². The van der Waals surface area contributed by atoms with E-state index in [0.717, 1.165) is 24.2 Å². The third-order valence-corrected chi connectivity index (χ3v) is 6.19. The Balaban J connectivity index is 1.62. The van der Waals surface area contributed by atoms with Crippen LogP contribution in [-0.2, 0) is 13.0 Å². The molecule has 3 heteroatoms. The normalized spacial score (nSPS) is 20.1. The summed E-state index contributed by atoms with van der Waals surface area (Å²) in [5.41, 5.74) is 8.45. The van der Waals surface area contributed by atoms with Gasteiger partial charge in [0.05, 0.1) is 11.3 Å². The van der Waals surface area contributed by atoms with Gasteiger partial charge in [-0.15, -0.1) is 0 Å². The number of anilines is 1. The minimum atomic E-state index is -0.0296. The van der Waals surface area contributed by atoms with Gasteiger partial charge in [0.1, 0.15) is 6.17 Å². The number of aryl methyl sites for hydroxylation is 2. The molecule has 3 aromatic rings. The number of rotatable bonds is 2.